The van der Waals surface area contributed by atoms with Crippen LogP contribution in [0.3, 0.4) is 0 Å². The Morgan fingerprint density at radius 1 is 0.730 bits per heavy atom. The molecule has 0 aliphatic heterocycles. The maximum absolute atomic E-state index is 12.3. The highest BCUT2D eigenvalue weighted by molar-refractivity contribution is 6.14. The largest absolute Gasteiger partial charge is 0.497 e. The van der Waals surface area contributed by atoms with E-state index < -0.39 is 35.2 Å². The quantitative estimate of drug-likeness (QED) is 0.129. The molecule has 0 aliphatic rings. The minimum Gasteiger partial charge on any atom is -0.497 e. The summed E-state index contributed by atoms with van der Waals surface area (Å²) in [5.41, 5.74) is 0.970. The summed E-state index contributed by atoms with van der Waals surface area (Å²) in [6, 6.07) is 7.56. The highest BCUT2D eigenvalue weighted by Gasteiger charge is 2.43. The predicted molar refractivity (Wildman–Crippen MR) is 139 cm³/mol. The second kappa shape index (κ2) is 17.2. The van der Waals surface area contributed by atoms with E-state index >= 15 is 0 Å². The Bertz CT molecular complexity index is 872. The van der Waals surface area contributed by atoms with Gasteiger partial charge >= 0.3 is 23.9 Å². The number of methoxy groups -OCH3 is 1. The molecule has 0 spiro atoms. The van der Waals surface area contributed by atoms with E-state index in [0.717, 1.165) is 11.3 Å². The summed E-state index contributed by atoms with van der Waals surface area (Å²) < 4.78 is 24.8. The number of hydrogen-bond donors (Lipinski definition) is 0. The lowest BCUT2D eigenvalue weighted by atomic mass is 9.74. The standard InChI is InChI=1S/C18H26O5.C10H16O4/c1-6-22-16(19)15(17(20)23-7-2)18(3,4)12-13-8-10-14(21-5)11-9-13;1-5-13-9(11)8(7(3)4)10(12)14-6-2/h8-11,15H,6-7,12H2,1-5H3;5-6H2,1-4H3. The average Bonchev–Trinajstić information content (AvgIpc) is 2.80. The lowest BCUT2D eigenvalue weighted by Gasteiger charge is -2.31. The SMILES string of the molecule is CCOC(=O)C(C(=O)OCC)=C(C)C.CCOC(=O)C(C(=O)OCC)C(C)(C)Cc1ccc(OC)cc1. The third kappa shape index (κ3) is 11.5. The third-order valence-electron chi connectivity index (χ3n) is 5.10. The van der Waals surface area contributed by atoms with Crippen LogP contribution in [0, 0.1) is 11.3 Å². The Balaban J connectivity index is 0.000000795. The smallest absolute Gasteiger partial charge is 0.345 e. The van der Waals surface area contributed by atoms with Gasteiger partial charge in [0.1, 0.15) is 11.3 Å². The number of hydrogen-bond acceptors (Lipinski definition) is 9. The van der Waals surface area contributed by atoms with Gasteiger partial charge in [-0.05, 0) is 71.1 Å². The van der Waals surface area contributed by atoms with Crippen LogP contribution in [0.1, 0.15) is 61.0 Å². The summed E-state index contributed by atoms with van der Waals surface area (Å²) >= 11 is 0. The molecular weight excluding hydrogens is 480 g/mol. The van der Waals surface area contributed by atoms with Crippen molar-refractivity contribution < 1.29 is 42.9 Å². The number of rotatable bonds is 12. The monoisotopic (exact) mass is 522 g/mol. The van der Waals surface area contributed by atoms with Gasteiger partial charge in [-0.2, -0.15) is 0 Å². The molecule has 0 amide bonds. The number of carbonyl (C=O) groups excluding carboxylic acids is 4. The lowest BCUT2D eigenvalue weighted by molar-refractivity contribution is -0.167. The molecule has 0 heterocycles. The van der Waals surface area contributed by atoms with Crippen LogP contribution < -0.4 is 4.74 Å². The first-order valence-corrected chi connectivity index (χ1v) is 12.4. The van der Waals surface area contributed by atoms with Gasteiger partial charge in [-0.25, -0.2) is 9.59 Å². The number of allylic oxidation sites excluding steroid dienone is 1. The fraction of sp³-hybridized carbons (Fsp3) is 0.571. The summed E-state index contributed by atoms with van der Waals surface area (Å²) in [5.74, 6) is -2.51. The van der Waals surface area contributed by atoms with Gasteiger partial charge in [-0.15, -0.1) is 0 Å². The van der Waals surface area contributed by atoms with Gasteiger partial charge in [0.05, 0.1) is 33.5 Å². The average molecular weight is 523 g/mol. The maximum Gasteiger partial charge on any atom is 0.345 e. The van der Waals surface area contributed by atoms with Gasteiger partial charge in [0.25, 0.3) is 0 Å². The summed E-state index contributed by atoms with van der Waals surface area (Å²) in [5, 5.41) is 0. The van der Waals surface area contributed by atoms with Gasteiger partial charge in [0.2, 0.25) is 0 Å². The Hall–Kier alpha value is -3.36. The first-order valence-electron chi connectivity index (χ1n) is 12.4. The molecule has 0 bridgehead atoms. The van der Waals surface area contributed by atoms with E-state index in [9.17, 15) is 19.2 Å². The fourth-order valence-electron chi connectivity index (χ4n) is 3.46. The Morgan fingerprint density at radius 3 is 1.46 bits per heavy atom. The molecule has 9 nitrogen and oxygen atoms in total. The number of benzene rings is 1. The van der Waals surface area contributed by atoms with Crippen molar-refractivity contribution in [2.75, 3.05) is 33.5 Å². The van der Waals surface area contributed by atoms with Crippen LogP contribution in [0.25, 0.3) is 0 Å². The maximum atomic E-state index is 12.3. The van der Waals surface area contributed by atoms with Crippen LogP contribution in [0.2, 0.25) is 0 Å². The van der Waals surface area contributed by atoms with E-state index in [4.69, 9.17) is 23.7 Å². The summed E-state index contributed by atoms with van der Waals surface area (Å²) in [6.07, 6.45) is 0.541. The van der Waals surface area contributed by atoms with Crippen molar-refractivity contribution >= 4 is 23.9 Å². The normalized spacial score (nSPS) is 10.4. The van der Waals surface area contributed by atoms with Crippen molar-refractivity contribution in [2.24, 2.45) is 11.3 Å². The summed E-state index contributed by atoms with van der Waals surface area (Å²) in [4.78, 5) is 47.1. The highest BCUT2D eigenvalue weighted by Crippen LogP contribution is 2.33. The van der Waals surface area contributed by atoms with Crippen molar-refractivity contribution in [1.29, 1.82) is 0 Å². The molecule has 0 unspecified atom stereocenters. The van der Waals surface area contributed by atoms with E-state index in [1.807, 2.05) is 38.1 Å². The molecular formula is C28H42O9. The minimum atomic E-state index is -0.954. The molecule has 0 radical (unpaired) electrons. The molecule has 0 saturated heterocycles. The molecule has 1 aromatic rings. The molecule has 0 saturated carbocycles. The zero-order chi connectivity index (χ0) is 28.6. The zero-order valence-electron chi connectivity index (χ0n) is 23.6. The Labute approximate surface area is 220 Å². The second-order valence-corrected chi connectivity index (χ2v) is 8.77. The zero-order valence-corrected chi connectivity index (χ0v) is 23.6. The Kier molecular flexibility index (Phi) is 15.6. The van der Waals surface area contributed by atoms with Crippen LogP contribution in [0.15, 0.2) is 35.4 Å². The first kappa shape index (κ1) is 33.6. The molecule has 0 aliphatic carbocycles. The highest BCUT2D eigenvalue weighted by atomic mass is 16.6. The predicted octanol–water partition coefficient (Wildman–Crippen LogP) is 4.46. The minimum absolute atomic E-state index is 0.00583. The van der Waals surface area contributed by atoms with Crippen LogP contribution >= 0.6 is 0 Å². The lowest BCUT2D eigenvalue weighted by Crippen LogP contribution is -2.41. The van der Waals surface area contributed by atoms with Crippen LogP contribution in [0.4, 0.5) is 0 Å². The van der Waals surface area contributed by atoms with Gasteiger partial charge in [-0.1, -0.05) is 31.6 Å². The van der Waals surface area contributed by atoms with Gasteiger partial charge in [0, 0.05) is 0 Å². The molecule has 0 fully saturated rings. The molecule has 208 valence electrons. The molecule has 0 atom stereocenters. The summed E-state index contributed by atoms with van der Waals surface area (Å²) in [7, 11) is 1.61. The van der Waals surface area contributed by atoms with E-state index in [1.54, 1.807) is 48.7 Å². The summed E-state index contributed by atoms with van der Waals surface area (Å²) in [6.45, 7) is 14.8. The Morgan fingerprint density at radius 2 is 1.14 bits per heavy atom. The fourth-order valence-corrected chi connectivity index (χ4v) is 3.46. The molecule has 37 heavy (non-hydrogen) atoms. The van der Waals surface area contributed by atoms with Crippen molar-refractivity contribution in [2.45, 2.75) is 61.8 Å². The third-order valence-corrected chi connectivity index (χ3v) is 5.10. The van der Waals surface area contributed by atoms with Crippen molar-refractivity contribution in [3.8, 4) is 5.75 Å². The first-order chi connectivity index (χ1) is 17.4. The van der Waals surface area contributed by atoms with Crippen molar-refractivity contribution in [3.05, 3.63) is 41.0 Å². The number of carbonyl (C=O) groups is 4. The van der Waals surface area contributed by atoms with E-state index in [1.165, 1.54) is 0 Å². The molecule has 1 aromatic carbocycles. The van der Waals surface area contributed by atoms with Crippen molar-refractivity contribution in [1.82, 2.24) is 0 Å². The molecule has 0 N–H and O–H groups in total. The van der Waals surface area contributed by atoms with Crippen molar-refractivity contribution in [3.63, 3.8) is 0 Å². The molecule has 0 aromatic heterocycles. The molecule has 1 rings (SSSR count). The van der Waals surface area contributed by atoms with Crippen LogP contribution in [-0.4, -0.2) is 57.4 Å². The van der Waals surface area contributed by atoms with Gasteiger partial charge < -0.3 is 23.7 Å². The van der Waals surface area contributed by atoms with E-state index in [2.05, 4.69) is 0 Å². The van der Waals surface area contributed by atoms with Gasteiger partial charge in [-0.3, -0.25) is 9.59 Å². The second-order valence-electron chi connectivity index (χ2n) is 8.77. The number of ether oxygens (including phenoxy) is 5. The van der Waals surface area contributed by atoms with Crippen LogP contribution in [0.5, 0.6) is 5.75 Å². The van der Waals surface area contributed by atoms with Gasteiger partial charge in [0.15, 0.2) is 5.92 Å². The van der Waals surface area contributed by atoms with E-state index in [-0.39, 0.29) is 32.0 Å². The van der Waals surface area contributed by atoms with E-state index in [0.29, 0.717) is 12.0 Å². The molecule has 9 heteroatoms. The topological polar surface area (TPSA) is 114 Å². The van der Waals surface area contributed by atoms with Crippen LogP contribution in [-0.2, 0) is 44.5 Å². The number of esters is 4.